The van der Waals surface area contributed by atoms with E-state index in [0.717, 1.165) is 51.4 Å². The lowest BCUT2D eigenvalue weighted by atomic mass is 9.79. The van der Waals surface area contributed by atoms with Gasteiger partial charge in [-0.25, -0.2) is 9.59 Å². The van der Waals surface area contributed by atoms with Crippen molar-refractivity contribution in [2.75, 3.05) is 13.1 Å². The molecule has 2 heterocycles. The highest BCUT2D eigenvalue weighted by atomic mass is 16.2. The fraction of sp³-hybridized carbons (Fsp3) is 0.923. The quantitative estimate of drug-likeness (QED) is 0.374. The largest absolute Gasteiger partial charge is 0.351 e. The van der Waals surface area contributed by atoms with Crippen molar-refractivity contribution in [3.63, 3.8) is 0 Å². The van der Waals surface area contributed by atoms with Crippen molar-refractivity contribution in [3.05, 3.63) is 0 Å². The molecule has 198 valence electrons. The van der Waals surface area contributed by atoms with Crippen LogP contribution in [0.4, 0.5) is 9.59 Å². The molecule has 0 unspecified atom stereocenters. The number of carbonyl (C=O) groups excluding carboxylic acids is 2. The lowest BCUT2D eigenvalue weighted by molar-refractivity contribution is 0.0820. The highest BCUT2D eigenvalue weighted by molar-refractivity contribution is 5.72. The van der Waals surface area contributed by atoms with Crippen LogP contribution in [0.1, 0.15) is 107 Å². The van der Waals surface area contributed by atoms with Gasteiger partial charge in [-0.1, -0.05) is 12.8 Å². The summed E-state index contributed by atoms with van der Waals surface area (Å²) in [5, 5.41) is 7.34. The molecule has 8 nitrogen and oxygen atoms in total. The van der Waals surface area contributed by atoms with E-state index in [1.807, 2.05) is 9.80 Å². The molecule has 0 radical (unpaired) electrons. The van der Waals surface area contributed by atoms with Gasteiger partial charge in [-0.3, -0.25) is 0 Å². The molecule has 4 amide bonds. The molecule has 2 fully saturated rings. The number of hydrogen-bond acceptors (Lipinski definition) is 4. The summed E-state index contributed by atoms with van der Waals surface area (Å²) in [6.45, 7) is 18.9. The first-order valence-electron chi connectivity index (χ1n) is 13.1. The van der Waals surface area contributed by atoms with E-state index >= 15 is 0 Å². The Bertz CT molecular complexity index is 626. The second-order valence-electron chi connectivity index (χ2n) is 13.4. The van der Waals surface area contributed by atoms with Gasteiger partial charge in [0.25, 0.3) is 0 Å². The maximum atomic E-state index is 12.2. The summed E-state index contributed by atoms with van der Waals surface area (Å²) in [4.78, 5) is 28.2. The minimum Gasteiger partial charge on any atom is -0.351 e. The van der Waals surface area contributed by atoms with E-state index in [9.17, 15) is 9.59 Å². The molecule has 34 heavy (non-hydrogen) atoms. The number of urea groups is 2. The standard InChI is InChI=1S/C26H52N6O2/c1-23(2)15-19(16-24(3,4)29-23)31(21(27)33)13-11-9-10-12-14-32(22(28)34)20-17-25(5,6)30-26(7,8)18-20/h19-20,29-30H,9-18H2,1-8H3,(H2,27,33)(H2,28,34). The third kappa shape index (κ3) is 8.59. The molecule has 0 aromatic carbocycles. The molecule has 0 aromatic heterocycles. The summed E-state index contributed by atoms with van der Waals surface area (Å²) in [6, 6.07) is -0.342. The molecular formula is C26H52N6O2. The fourth-order valence-corrected chi connectivity index (χ4v) is 6.84. The second-order valence-corrected chi connectivity index (χ2v) is 13.4. The average Bonchev–Trinajstić information content (AvgIpc) is 2.57. The topological polar surface area (TPSA) is 117 Å². The van der Waals surface area contributed by atoms with Gasteiger partial charge in [-0.2, -0.15) is 0 Å². The fourth-order valence-electron chi connectivity index (χ4n) is 6.84. The third-order valence-corrected chi connectivity index (χ3v) is 7.33. The van der Waals surface area contributed by atoms with Crippen LogP contribution in [-0.4, -0.2) is 69.2 Å². The lowest BCUT2D eigenvalue weighted by Crippen LogP contribution is -2.63. The molecule has 6 N–H and O–H groups in total. The van der Waals surface area contributed by atoms with Gasteiger partial charge in [0.15, 0.2) is 0 Å². The first-order chi connectivity index (χ1) is 15.4. The molecule has 0 aromatic rings. The maximum absolute atomic E-state index is 12.2. The predicted molar refractivity (Wildman–Crippen MR) is 140 cm³/mol. The molecule has 0 saturated carbocycles. The van der Waals surface area contributed by atoms with Gasteiger partial charge in [0.1, 0.15) is 0 Å². The highest BCUT2D eigenvalue weighted by Gasteiger charge is 2.42. The van der Waals surface area contributed by atoms with Crippen LogP contribution in [0, 0.1) is 0 Å². The molecule has 2 aliphatic heterocycles. The predicted octanol–water partition coefficient (Wildman–Crippen LogP) is 3.93. The van der Waals surface area contributed by atoms with Gasteiger partial charge in [-0.15, -0.1) is 0 Å². The molecule has 2 saturated heterocycles. The van der Waals surface area contributed by atoms with Gasteiger partial charge < -0.3 is 31.9 Å². The number of hydrogen-bond donors (Lipinski definition) is 4. The van der Waals surface area contributed by atoms with Crippen molar-refractivity contribution in [1.82, 2.24) is 20.4 Å². The summed E-state index contributed by atoms with van der Waals surface area (Å²) < 4.78 is 0. The minimum atomic E-state index is -0.324. The van der Waals surface area contributed by atoms with Crippen molar-refractivity contribution in [2.45, 2.75) is 141 Å². The first kappa shape index (κ1) is 28.7. The number of piperidine rings is 2. The Hall–Kier alpha value is -1.54. The zero-order chi connectivity index (χ0) is 25.9. The number of carbonyl (C=O) groups is 2. The number of amides is 4. The van der Waals surface area contributed by atoms with Crippen LogP contribution in [-0.2, 0) is 0 Å². The van der Waals surface area contributed by atoms with Crippen LogP contribution >= 0.6 is 0 Å². The van der Waals surface area contributed by atoms with E-state index in [2.05, 4.69) is 66.0 Å². The highest BCUT2D eigenvalue weighted by Crippen LogP contribution is 2.33. The maximum Gasteiger partial charge on any atom is 0.315 e. The Morgan fingerprint density at radius 2 is 0.882 bits per heavy atom. The Morgan fingerprint density at radius 3 is 1.12 bits per heavy atom. The summed E-state index contributed by atoms with van der Waals surface area (Å²) in [5.41, 5.74) is 11.5. The summed E-state index contributed by atoms with van der Waals surface area (Å²) in [6.07, 6.45) is 7.42. The molecule has 8 heteroatoms. The van der Waals surface area contributed by atoms with Crippen molar-refractivity contribution in [2.24, 2.45) is 11.5 Å². The van der Waals surface area contributed by atoms with Crippen LogP contribution in [0.25, 0.3) is 0 Å². The van der Waals surface area contributed by atoms with Crippen molar-refractivity contribution < 1.29 is 9.59 Å². The van der Waals surface area contributed by atoms with Crippen LogP contribution in [0.5, 0.6) is 0 Å². The van der Waals surface area contributed by atoms with Crippen molar-refractivity contribution in [1.29, 1.82) is 0 Å². The van der Waals surface area contributed by atoms with Gasteiger partial charge in [0, 0.05) is 47.3 Å². The zero-order valence-electron chi connectivity index (χ0n) is 23.1. The van der Waals surface area contributed by atoms with E-state index in [0.29, 0.717) is 13.1 Å². The second kappa shape index (κ2) is 10.6. The van der Waals surface area contributed by atoms with Crippen LogP contribution in [0.2, 0.25) is 0 Å². The van der Waals surface area contributed by atoms with E-state index in [1.54, 1.807) is 0 Å². The Kier molecular flexibility index (Phi) is 8.95. The van der Waals surface area contributed by atoms with Gasteiger partial charge in [-0.05, 0) is 93.9 Å². The number of nitrogens with zero attached hydrogens (tertiary/aromatic N) is 2. The van der Waals surface area contributed by atoms with E-state index < -0.39 is 0 Å². The van der Waals surface area contributed by atoms with E-state index in [-0.39, 0.29) is 46.3 Å². The molecule has 0 aliphatic carbocycles. The molecule has 0 spiro atoms. The van der Waals surface area contributed by atoms with Gasteiger partial charge in [0.05, 0.1) is 0 Å². The van der Waals surface area contributed by atoms with Crippen LogP contribution < -0.4 is 22.1 Å². The van der Waals surface area contributed by atoms with Gasteiger partial charge in [0.2, 0.25) is 0 Å². The van der Waals surface area contributed by atoms with Crippen molar-refractivity contribution >= 4 is 12.1 Å². The normalized spacial score (nSPS) is 23.9. The number of unbranched alkanes of at least 4 members (excludes halogenated alkanes) is 3. The number of primary amides is 2. The molecule has 0 atom stereocenters. The van der Waals surface area contributed by atoms with Crippen LogP contribution in [0.3, 0.4) is 0 Å². The Morgan fingerprint density at radius 1 is 0.618 bits per heavy atom. The lowest BCUT2D eigenvalue weighted by Gasteiger charge is -2.49. The SMILES string of the molecule is CC1(C)CC(N(CCCCCCN(C(N)=O)C2CC(C)(C)NC(C)(C)C2)C(N)=O)CC(C)(C)N1. The third-order valence-electron chi connectivity index (χ3n) is 7.33. The minimum absolute atomic E-state index is 0.0316. The monoisotopic (exact) mass is 480 g/mol. The molecule has 2 aliphatic rings. The summed E-state index contributed by atoms with van der Waals surface area (Å²) in [7, 11) is 0. The molecular weight excluding hydrogens is 428 g/mol. The van der Waals surface area contributed by atoms with E-state index in [4.69, 9.17) is 11.5 Å². The average molecular weight is 481 g/mol. The zero-order valence-corrected chi connectivity index (χ0v) is 23.1. The first-order valence-corrected chi connectivity index (χ1v) is 13.1. The summed E-state index contributed by atoms with van der Waals surface area (Å²) in [5.74, 6) is 0. The number of rotatable bonds is 9. The Labute approximate surface area is 207 Å². The number of nitrogens with two attached hydrogens (primary N) is 2. The number of nitrogens with one attached hydrogen (secondary N) is 2. The Balaban J connectivity index is 1.83. The van der Waals surface area contributed by atoms with Gasteiger partial charge >= 0.3 is 12.1 Å². The van der Waals surface area contributed by atoms with Crippen molar-refractivity contribution in [3.8, 4) is 0 Å². The smallest absolute Gasteiger partial charge is 0.315 e. The molecule has 2 rings (SSSR count). The molecule has 0 bridgehead atoms. The van der Waals surface area contributed by atoms with E-state index in [1.165, 1.54) is 0 Å². The van der Waals surface area contributed by atoms with Crippen LogP contribution in [0.15, 0.2) is 0 Å². The summed E-state index contributed by atoms with van der Waals surface area (Å²) >= 11 is 0.